The van der Waals surface area contributed by atoms with E-state index >= 15 is 0 Å². The normalized spacial score (nSPS) is 24.9. The largest absolute Gasteiger partial charge is 0.376 e. The summed E-state index contributed by atoms with van der Waals surface area (Å²) in [5, 5.41) is 0. The summed E-state index contributed by atoms with van der Waals surface area (Å²) in [4.78, 5) is 0. The lowest BCUT2D eigenvalue weighted by Crippen LogP contribution is -2.27. The molecule has 0 saturated carbocycles. The Morgan fingerprint density at radius 3 is 3.08 bits per heavy atom. The zero-order valence-electron chi connectivity index (χ0n) is 7.94. The maximum atomic E-state index is 6.10. The van der Waals surface area contributed by atoms with Crippen LogP contribution >= 0.6 is 0 Å². The highest BCUT2D eigenvalue weighted by Gasteiger charge is 2.25. The van der Waals surface area contributed by atoms with E-state index in [1.165, 1.54) is 0 Å². The molecule has 1 aromatic rings. The highest BCUT2D eigenvalue weighted by molar-refractivity contribution is 5.12. The lowest BCUT2D eigenvalue weighted by Gasteiger charge is -2.19. The minimum absolute atomic E-state index is 0.0301. The summed E-state index contributed by atoms with van der Waals surface area (Å²) in [6, 6.07) is 4.11. The van der Waals surface area contributed by atoms with Crippen LogP contribution in [0.3, 0.4) is 0 Å². The molecule has 0 spiro atoms. The number of nitrogens with zero attached hydrogens (tertiary/aromatic N) is 1. The van der Waals surface area contributed by atoms with Crippen molar-refractivity contribution in [3.05, 3.63) is 24.0 Å². The average molecular weight is 180 g/mol. The first-order chi connectivity index (χ1) is 6.29. The van der Waals surface area contributed by atoms with E-state index in [2.05, 4.69) is 10.6 Å². The van der Waals surface area contributed by atoms with Gasteiger partial charge in [-0.05, 0) is 25.0 Å². The highest BCUT2D eigenvalue weighted by Crippen LogP contribution is 2.24. The molecule has 1 aliphatic rings. The Labute approximate surface area is 78.5 Å². The molecule has 1 aromatic heterocycles. The Morgan fingerprint density at radius 1 is 1.69 bits per heavy atom. The van der Waals surface area contributed by atoms with Crippen LogP contribution in [0.1, 0.15) is 24.6 Å². The monoisotopic (exact) mass is 180 g/mol. The summed E-state index contributed by atoms with van der Waals surface area (Å²) < 4.78 is 7.62. The van der Waals surface area contributed by atoms with Crippen LogP contribution < -0.4 is 5.73 Å². The molecule has 0 aromatic carbocycles. The van der Waals surface area contributed by atoms with Crippen LogP contribution in [0.25, 0.3) is 0 Å². The Morgan fingerprint density at radius 2 is 2.54 bits per heavy atom. The van der Waals surface area contributed by atoms with Crippen molar-refractivity contribution in [3.8, 4) is 0 Å². The van der Waals surface area contributed by atoms with Crippen molar-refractivity contribution in [1.82, 2.24) is 4.57 Å². The van der Waals surface area contributed by atoms with Gasteiger partial charge in [-0.3, -0.25) is 0 Å². The third-order valence-corrected chi connectivity index (χ3v) is 2.69. The molecule has 0 amide bonds. The number of ether oxygens (including phenoxy) is 1. The predicted octanol–water partition coefficient (Wildman–Crippen LogP) is 1.20. The minimum atomic E-state index is 0.0301. The molecule has 13 heavy (non-hydrogen) atoms. The number of aromatic nitrogens is 1. The van der Waals surface area contributed by atoms with Crippen molar-refractivity contribution in [2.75, 3.05) is 6.61 Å². The first-order valence-electron chi connectivity index (χ1n) is 4.77. The van der Waals surface area contributed by atoms with Gasteiger partial charge in [0.15, 0.2) is 0 Å². The smallest absolute Gasteiger partial charge is 0.0783 e. The molecule has 1 aliphatic heterocycles. The number of hydrogen-bond acceptors (Lipinski definition) is 2. The Balaban J connectivity index is 2.12. The molecule has 3 heteroatoms. The molecule has 0 aliphatic carbocycles. The molecular formula is C10H16N2O. The molecule has 2 rings (SSSR count). The van der Waals surface area contributed by atoms with Gasteiger partial charge >= 0.3 is 0 Å². The molecule has 0 bridgehead atoms. The summed E-state index contributed by atoms with van der Waals surface area (Å²) in [6.45, 7) is 0.864. The van der Waals surface area contributed by atoms with Gasteiger partial charge in [-0.25, -0.2) is 0 Å². The number of aryl methyl sites for hydroxylation is 1. The standard InChI is InChI=1S/C10H16N2O/c1-12-6-2-4-8(12)10(11)9-5-3-7-13-9/h2,4,6,9-10H,3,5,7,11H2,1H3. The van der Waals surface area contributed by atoms with Crippen LogP contribution in [-0.4, -0.2) is 17.3 Å². The van der Waals surface area contributed by atoms with E-state index in [-0.39, 0.29) is 12.1 Å². The summed E-state index contributed by atoms with van der Waals surface area (Å²) in [7, 11) is 2.02. The Kier molecular flexibility index (Phi) is 2.38. The second-order valence-electron chi connectivity index (χ2n) is 3.62. The van der Waals surface area contributed by atoms with Crippen molar-refractivity contribution in [1.29, 1.82) is 0 Å². The van der Waals surface area contributed by atoms with Gasteiger partial charge in [0.2, 0.25) is 0 Å². The van der Waals surface area contributed by atoms with Crippen LogP contribution in [0.15, 0.2) is 18.3 Å². The minimum Gasteiger partial charge on any atom is -0.376 e. The number of rotatable bonds is 2. The molecule has 1 saturated heterocycles. The van der Waals surface area contributed by atoms with E-state index in [4.69, 9.17) is 10.5 Å². The fourth-order valence-corrected chi connectivity index (χ4v) is 1.90. The van der Waals surface area contributed by atoms with Crippen molar-refractivity contribution in [2.45, 2.75) is 25.0 Å². The van der Waals surface area contributed by atoms with E-state index < -0.39 is 0 Å². The Hall–Kier alpha value is -0.800. The van der Waals surface area contributed by atoms with Crippen LogP contribution in [-0.2, 0) is 11.8 Å². The molecule has 2 unspecified atom stereocenters. The van der Waals surface area contributed by atoms with Crippen LogP contribution in [0.4, 0.5) is 0 Å². The van der Waals surface area contributed by atoms with Gasteiger partial charge in [-0.2, -0.15) is 0 Å². The molecule has 2 atom stereocenters. The van der Waals surface area contributed by atoms with E-state index in [0.717, 1.165) is 25.1 Å². The fraction of sp³-hybridized carbons (Fsp3) is 0.600. The summed E-state index contributed by atoms with van der Waals surface area (Å²) in [5.74, 6) is 0. The first kappa shape index (κ1) is 8.78. The maximum absolute atomic E-state index is 6.10. The molecule has 3 nitrogen and oxygen atoms in total. The van der Waals surface area contributed by atoms with E-state index in [9.17, 15) is 0 Å². The molecule has 1 fully saturated rings. The molecule has 72 valence electrons. The van der Waals surface area contributed by atoms with Gasteiger partial charge in [0.1, 0.15) is 0 Å². The van der Waals surface area contributed by atoms with Gasteiger partial charge < -0.3 is 15.0 Å². The van der Waals surface area contributed by atoms with Crippen molar-refractivity contribution < 1.29 is 4.74 Å². The maximum Gasteiger partial charge on any atom is 0.0783 e. The zero-order valence-corrected chi connectivity index (χ0v) is 7.94. The topological polar surface area (TPSA) is 40.2 Å². The molecular weight excluding hydrogens is 164 g/mol. The van der Waals surface area contributed by atoms with Crippen molar-refractivity contribution in [3.63, 3.8) is 0 Å². The van der Waals surface area contributed by atoms with Gasteiger partial charge in [-0.1, -0.05) is 0 Å². The number of nitrogens with two attached hydrogens (primary N) is 1. The Bertz CT molecular complexity index is 276. The third-order valence-electron chi connectivity index (χ3n) is 2.69. The molecule has 2 N–H and O–H groups in total. The second kappa shape index (κ2) is 3.52. The van der Waals surface area contributed by atoms with Crippen molar-refractivity contribution >= 4 is 0 Å². The van der Waals surface area contributed by atoms with Gasteiger partial charge in [-0.15, -0.1) is 0 Å². The second-order valence-corrected chi connectivity index (χ2v) is 3.62. The predicted molar refractivity (Wildman–Crippen MR) is 51.3 cm³/mol. The van der Waals surface area contributed by atoms with Gasteiger partial charge in [0.25, 0.3) is 0 Å². The third kappa shape index (κ3) is 1.62. The summed E-state index contributed by atoms with van der Waals surface area (Å²) >= 11 is 0. The summed E-state index contributed by atoms with van der Waals surface area (Å²) in [6.07, 6.45) is 4.47. The molecule has 0 radical (unpaired) electrons. The summed E-state index contributed by atoms with van der Waals surface area (Å²) in [5.41, 5.74) is 7.26. The zero-order chi connectivity index (χ0) is 9.26. The number of hydrogen-bond donors (Lipinski definition) is 1. The lowest BCUT2D eigenvalue weighted by molar-refractivity contribution is 0.0882. The average Bonchev–Trinajstić information content (AvgIpc) is 2.72. The highest BCUT2D eigenvalue weighted by atomic mass is 16.5. The molecule has 2 heterocycles. The quantitative estimate of drug-likeness (QED) is 0.743. The van der Waals surface area contributed by atoms with Crippen LogP contribution in [0.2, 0.25) is 0 Å². The van der Waals surface area contributed by atoms with Gasteiger partial charge in [0, 0.05) is 25.5 Å². The lowest BCUT2D eigenvalue weighted by atomic mass is 10.1. The van der Waals surface area contributed by atoms with E-state index in [0.29, 0.717) is 0 Å². The fourth-order valence-electron chi connectivity index (χ4n) is 1.90. The first-order valence-corrected chi connectivity index (χ1v) is 4.77. The SMILES string of the molecule is Cn1cccc1C(N)C1CCCO1. The van der Waals surface area contributed by atoms with Gasteiger partial charge in [0.05, 0.1) is 12.1 Å². The van der Waals surface area contributed by atoms with E-state index in [1.807, 2.05) is 19.3 Å². The van der Waals surface area contributed by atoms with Crippen LogP contribution in [0, 0.1) is 0 Å². The van der Waals surface area contributed by atoms with Crippen molar-refractivity contribution in [2.24, 2.45) is 12.8 Å². The van der Waals surface area contributed by atoms with Crippen LogP contribution in [0.5, 0.6) is 0 Å². The van der Waals surface area contributed by atoms with E-state index in [1.54, 1.807) is 0 Å².